The molecule has 0 aliphatic carbocycles. The fraction of sp³-hybridized carbons (Fsp3) is 0.250. The first-order chi connectivity index (χ1) is 9.78. The van der Waals surface area contributed by atoms with Crippen molar-refractivity contribution < 1.29 is 0 Å². The number of fused-ring (bicyclic) bond motifs is 1. The summed E-state index contributed by atoms with van der Waals surface area (Å²) in [5.74, 6) is 0. The Labute approximate surface area is 122 Å². The second kappa shape index (κ2) is 5.59. The number of benzene rings is 1. The van der Waals surface area contributed by atoms with Gasteiger partial charge in [0.15, 0.2) is 0 Å². The van der Waals surface area contributed by atoms with Gasteiger partial charge >= 0.3 is 0 Å². The van der Waals surface area contributed by atoms with Gasteiger partial charge < -0.3 is 5.32 Å². The van der Waals surface area contributed by atoms with Gasteiger partial charge in [0.25, 0.3) is 0 Å². The maximum Gasteiger partial charge on any atom is 0.115 e. The average Bonchev–Trinajstić information content (AvgIpc) is 2.97. The molecule has 1 atom stereocenters. The lowest BCUT2D eigenvalue weighted by Crippen LogP contribution is -2.06. The van der Waals surface area contributed by atoms with Gasteiger partial charge in [-0.1, -0.05) is 25.1 Å². The zero-order valence-electron chi connectivity index (χ0n) is 11.6. The van der Waals surface area contributed by atoms with Crippen LogP contribution in [0.15, 0.2) is 42.7 Å². The maximum absolute atomic E-state index is 4.50. The van der Waals surface area contributed by atoms with E-state index in [9.17, 15) is 0 Å². The number of thiazole rings is 1. The highest BCUT2D eigenvalue weighted by atomic mass is 32.1. The standard InChI is InChI=1S/C16H17N3S/c1-3-12-10-18-16(20-12)11(2)19-15-8-9-17-14-7-5-4-6-13(14)15/h4-11H,3H2,1-2H3,(H,17,19). The molecule has 2 aromatic heterocycles. The first-order valence-corrected chi connectivity index (χ1v) is 7.64. The third-order valence-corrected chi connectivity index (χ3v) is 4.64. The second-order valence-corrected chi connectivity index (χ2v) is 5.91. The van der Waals surface area contributed by atoms with Crippen molar-refractivity contribution >= 4 is 27.9 Å². The van der Waals surface area contributed by atoms with Gasteiger partial charge in [0.1, 0.15) is 5.01 Å². The van der Waals surface area contributed by atoms with E-state index in [0.29, 0.717) is 0 Å². The molecule has 1 aromatic carbocycles. The number of pyridine rings is 1. The highest BCUT2D eigenvalue weighted by Crippen LogP contribution is 2.27. The summed E-state index contributed by atoms with van der Waals surface area (Å²) in [7, 11) is 0. The monoisotopic (exact) mass is 283 g/mol. The first kappa shape index (κ1) is 13.1. The second-order valence-electron chi connectivity index (χ2n) is 4.76. The summed E-state index contributed by atoms with van der Waals surface area (Å²) in [5.41, 5.74) is 2.12. The van der Waals surface area contributed by atoms with Crippen molar-refractivity contribution in [1.29, 1.82) is 0 Å². The molecule has 0 aliphatic rings. The number of nitrogens with zero attached hydrogens (tertiary/aromatic N) is 2. The van der Waals surface area contributed by atoms with Crippen LogP contribution in [0.2, 0.25) is 0 Å². The lowest BCUT2D eigenvalue weighted by molar-refractivity contribution is 0.871. The minimum Gasteiger partial charge on any atom is -0.375 e. The lowest BCUT2D eigenvalue weighted by Gasteiger charge is -2.14. The summed E-state index contributed by atoms with van der Waals surface area (Å²) in [5, 5.41) is 5.82. The molecule has 0 saturated heterocycles. The minimum atomic E-state index is 0.200. The third kappa shape index (κ3) is 2.51. The summed E-state index contributed by atoms with van der Waals surface area (Å²) in [6, 6.07) is 10.4. The van der Waals surface area contributed by atoms with E-state index in [1.165, 1.54) is 4.88 Å². The summed E-state index contributed by atoms with van der Waals surface area (Å²) in [4.78, 5) is 10.2. The Kier molecular flexibility index (Phi) is 3.65. The number of anilines is 1. The predicted molar refractivity (Wildman–Crippen MR) is 85.3 cm³/mol. The van der Waals surface area contributed by atoms with Crippen molar-refractivity contribution in [1.82, 2.24) is 9.97 Å². The van der Waals surface area contributed by atoms with Crippen molar-refractivity contribution in [2.24, 2.45) is 0 Å². The molecule has 0 spiro atoms. The van der Waals surface area contributed by atoms with Gasteiger partial charge in [-0.15, -0.1) is 11.3 Å². The molecule has 0 bridgehead atoms. The van der Waals surface area contributed by atoms with Crippen LogP contribution in [0, 0.1) is 0 Å². The van der Waals surface area contributed by atoms with Crippen LogP contribution in [0.5, 0.6) is 0 Å². The number of aromatic nitrogens is 2. The highest BCUT2D eigenvalue weighted by Gasteiger charge is 2.11. The molecule has 20 heavy (non-hydrogen) atoms. The number of aryl methyl sites for hydroxylation is 1. The highest BCUT2D eigenvalue weighted by molar-refractivity contribution is 7.11. The van der Waals surface area contributed by atoms with Crippen LogP contribution < -0.4 is 5.32 Å². The van der Waals surface area contributed by atoms with Gasteiger partial charge in [0.2, 0.25) is 0 Å². The fourth-order valence-electron chi connectivity index (χ4n) is 2.20. The molecular weight excluding hydrogens is 266 g/mol. The van der Waals surface area contributed by atoms with Gasteiger partial charge in [0.05, 0.1) is 11.6 Å². The van der Waals surface area contributed by atoms with Crippen molar-refractivity contribution in [2.75, 3.05) is 5.32 Å². The van der Waals surface area contributed by atoms with Crippen molar-refractivity contribution in [3.63, 3.8) is 0 Å². The topological polar surface area (TPSA) is 37.8 Å². The molecule has 3 rings (SSSR count). The van der Waals surface area contributed by atoms with Crippen LogP contribution in [-0.4, -0.2) is 9.97 Å². The summed E-state index contributed by atoms with van der Waals surface area (Å²) in [6.07, 6.45) is 4.86. The van der Waals surface area contributed by atoms with Crippen LogP contribution in [0.25, 0.3) is 10.9 Å². The number of hydrogen-bond acceptors (Lipinski definition) is 4. The zero-order valence-corrected chi connectivity index (χ0v) is 12.4. The molecule has 1 unspecified atom stereocenters. The molecule has 4 heteroatoms. The molecule has 1 N–H and O–H groups in total. The Bertz CT molecular complexity index is 715. The van der Waals surface area contributed by atoms with Gasteiger partial charge in [0, 0.05) is 28.3 Å². The van der Waals surface area contributed by atoms with E-state index in [1.807, 2.05) is 36.7 Å². The normalized spacial score (nSPS) is 12.5. The van der Waals surface area contributed by atoms with Crippen molar-refractivity contribution in [3.05, 3.63) is 52.6 Å². The molecule has 3 nitrogen and oxygen atoms in total. The van der Waals surface area contributed by atoms with E-state index in [4.69, 9.17) is 0 Å². The molecule has 0 saturated carbocycles. The Morgan fingerprint density at radius 1 is 1.20 bits per heavy atom. The molecule has 0 radical (unpaired) electrons. The maximum atomic E-state index is 4.50. The molecular formula is C16H17N3S. The van der Waals surface area contributed by atoms with Crippen molar-refractivity contribution in [2.45, 2.75) is 26.3 Å². The molecule has 102 valence electrons. The molecule has 0 aliphatic heterocycles. The van der Waals surface area contributed by atoms with E-state index < -0.39 is 0 Å². The summed E-state index contributed by atoms with van der Waals surface area (Å²) in [6.45, 7) is 4.30. The lowest BCUT2D eigenvalue weighted by atomic mass is 10.2. The molecule has 2 heterocycles. The van der Waals surface area contributed by atoms with Crippen LogP contribution in [-0.2, 0) is 6.42 Å². The zero-order chi connectivity index (χ0) is 13.9. The first-order valence-electron chi connectivity index (χ1n) is 6.83. The smallest absolute Gasteiger partial charge is 0.115 e. The number of nitrogens with one attached hydrogen (secondary N) is 1. The minimum absolute atomic E-state index is 0.200. The number of rotatable bonds is 4. The molecule has 0 amide bonds. The van der Waals surface area contributed by atoms with Gasteiger partial charge in [-0.25, -0.2) is 4.98 Å². The summed E-state index contributed by atoms with van der Waals surface area (Å²) >= 11 is 1.78. The van der Waals surface area contributed by atoms with Crippen molar-refractivity contribution in [3.8, 4) is 0 Å². The Balaban J connectivity index is 1.89. The van der Waals surface area contributed by atoms with E-state index in [-0.39, 0.29) is 6.04 Å². The van der Waals surface area contributed by atoms with Crippen LogP contribution in [0.3, 0.4) is 0 Å². The van der Waals surface area contributed by atoms with E-state index >= 15 is 0 Å². The van der Waals surface area contributed by atoms with Gasteiger partial charge in [-0.2, -0.15) is 0 Å². The Morgan fingerprint density at radius 2 is 2.05 bits per heavy atom. The fourth-order valence-corrected chi connectivity index (χ4v) is 3.06. The quantitative estimate of drug-likeness (QED) is 0.770. The predicted octanol–water partition coefficient (Wildman–Crippen LogP) is 4.43. The number of hydrogen-bond donors (Lipinski definition) is 1. The van der Waals surface area contributed by atoms with E-state index in [2.05, 4.69) is 35.2 Å². The largest absolute Gasteiger partial charge is 0.375 e. The Hall–Kier alpha value is -1.94. The van der Waals surface area contributed by atoms with Crippen LogP contribution >= 0.6 is 11.3 Å². The van der Waals surface area contributed by atoms with E-state index in [1.54, 1.807) is 11.3 Å². The van der Waals surface area contributed by atoms with Gasteiger partial charge in [-0.05, 0) is 25.5 Å². The van der Waals surface area contributed by atoms with E-state index in [0.717, 1.165) is 28.0 Å². The number of para-hydroxylation sites is 1. The summed E-state index contributed by atoms with van der Waals surface area (Å²) < 4.78 is 0. The van der Waals surface area contributed by atoms with Crippen LogP contribution in [0.4, 0.5) is 5.69 Å². The third-order valence-electron chi connectivity index (χ3n) is 3.31. The molecule has 3 aromatic rings. The van der Waals surface area contributed by atoms with Gasteiger partial charge in [-0.3, -0.25) is 4.98 Å². The average molecular weight is 283 g/mol. The molecule has 0 fully saturated rings. The van der Waals surface area contributed by atoms with Crippen LogP contribution in [0.1, 0.15) is 29.8 Å². The Morgan fingerprint density at radius 3 is 2.85 bits per heavy atom. The SMILES string of the molecule is CCc1cnc(C(C)Nc2ccnc3ccccc23)s1.